The van der Waals surface area contributed by atoms with E-state index in [0.717, 1.165) is 24.3 Å². The van der Waals surface area contributed by atoms with Crippen LogP contribution in [0.25, 0.3) is 10.9 Å². The highest BCUT2D eigenvalue weighted by Gasteiger charge is 2.15. The van der Waals surface area contributed by atoms with Crippen LogP contribution in [0, 0.1) is 6.92 Å². The molecule has 0 spiro atoms. The SMILES string of the molecule is CNCc1cc2ccccc2n1Cc1c(C)nn(C)c1Cl. The molecule has 0 atom stereocenters. The van der Waals surface area contributed by atoms with Gasteiger partial charge in [0, 0.05) is 30.4 Å². The largest absolute Gasteiger partial charge is 0.339 e. The first-order chi connectivity index (χ1) is 10.1. The molecule has 1 aromatic carbocycles. The summed E-state index contributed by atoms with van der Waals surface area (Å²) < 4.78 is 4.04. The van der Waals surface area contributed by atoms with E-state index < -0.39 is 0 Å². The highest BCUT2D eigenvalue weighted by Crippen LogP contribution is 2.25. The molecule has 0 saturated heterocycles. The molecule has 0 aliphatic carbocycles. The number of halogens is 1. The lowest BCUT2D eigenvalue weighted by Gasteiger charge is -2.11. The van der Waals surface area contributed by atoms with Crippen LogP contribution in [0.3, 0.4) is 0 Å². The van der Waals surface area contributed by atoms with Crippen molar-refractivity contribution < 1.29 is 0 Å². The lowest BCUT2D eigenvalue weighted by molar-refractivity contribution is 0.707. The van der Waals surface area contributed by atoms with Crippen LogP contribution in [0.1, 0.15) is 17.0 Å². The fourth-order valence-electron chi connectivity index (χ4n) is 2.79. The van der Waals surface area contributed by atoms with Crippen molar-refractivity contribution in [1.82, 2.24) is 19.7 Å². The molecular weight excluding hydrogens is 284 g/mol. The zero-order valence-electron chi connectivity index (χ0n) is 12.5. The minimum absolute atomic E-state index is 0.709. The number of hydrogen-bond donors (Lipinski definition) is 1. The van der Waals surface area contributed by atoms with Crippen molar-refractivity contribution in [3.8, 4) is 0 Å². The number of para-hydroxylation sites is 1. The van der Waals surface area contributed by atoms with Crippen LogP contribution in [-0.4, -0.2) is 21.4 Å². The van der Waals surface area contributed by atoms with E-state index in [0.29, 0.717) is 5.15 Å². The average molecular weight is 303 g/mol. The van der Waals surface area contributed by atoms with Crippen LogP contribution in [0.15, 0.2) is 30.3 Å². The molecule has 2 aromatic heterocycles. The van der Waals surface area contributed by atoms with Gasteiger partial charge in [0.25, 0.3) is 0 Å². The number of benzene rings is 1. The minimum atomic E-state index is 0.709. The second-order valence-corrected chi connectivity index (χ2v) is 5.65. The second-order valence-electron chi connectivity index (χ2n) is 5.29. The van der Waals surface area contributed by atoms with Crippen LogP contribution in [-0.2, 0) is 20.1 Å². The van der Waals surface area contributed by atoms with Gasteiger partial charge in [0.2, 0.25) is 0 Å². The van der Waals surface area contributed by atoms with Gasteiger partial charge in [0.05, 0.1) is 12.2 Å². The van der Waals surface area contributed by atoms with E-state index in [-0.39, 0.29) is 0 Å². The number of aryl methyl sites for hydroxylation is 2. The zero-order valence-corrected chi connectivity index (χ0v) is 13.3. The van der Waals surface area contributed by atoms with Gasteiger partial charge < -0.3 is 9.88 Å². The maximum absolute atomic E-state index is 6.38. The Balaban J connectivity index is 2.12. The first kappa shape index (κ1) is 14.2. The molecule has 5 heteroatoms. The Kier molecular flexibility index (Phi) is 3.74. The Morgan fingerprint density at radius 2 is 2.05 bits per heavy atom. The van der Waals surface area contributed by atoms with Crippen LogP contribution >= 0.6 is 11.6 Å². The van der Waals surface area contributed by atoms with Crippen molar-refractivity contribution >= 4 is 22.5 Å². The fourth-order valence-corrected chi connectivity index (χ4v) is 3.03. The maximum Gasteiger partial charge on any atom is 0.131 e. The van der Waals surface area contributed by atoms with Crippen LogP contribution in [0.2, 0.25) is 5.15 Å². The summed E-state index contributed by atoms with van der Waals surface area (Å²) in [5.41, 5.74) is 4.54. The fraction of sp³-hybridized carbons (Fsp3) is 0.312. The highest BCUT2D eigenvalue weighted by molar-refractivity contribution is 6.30. The van der Waals surface area contributed by atoms with Gasteiger partial charge in [-0.1, -0.05) is 29.8 Å². The van der Waals surface area contributed by atoms with Gasteiger partial charge in [-0.3, -0.25) is 4.68 Å². The van der Waals surface area contributed by atoms with E-state index >= 15 is 0 Å². The van der Waals surface area contributed by atoms with Gasteiger partial charge in [-0.15, -0.1) is 0 Å². The van der Waals surface area contributed by atoms with E-state index in [1.807, 2.05) is 21.0 Å². The maximum atomic E-state index is 6.38. The summed E-state index contributed by atoms with van der Waals surface area (Å²) in [6, 6.07) is 10.7. The van der Waals surface area contributed by atoms with E-state index in [9.17, 15) is 0 Å². The molecular formula is C16H19ClN4. The first-order valence-corrected chi connectivity index (χ1v) is 7.39. The smallest absolute Gasteiger partial charge is 0.131 e. The Hall–Kier alpha value is -1.78. The van der Waals surface area contributed by atoms with Crippen molar-refractivity contribution in [3.05, 3.63) is 52.4 Å². The van der Waals surface area contributed by atoms with Crippen molar-refractivity contribution in [3.63, 3.8) is 0 Å². The number of rotatable bonds is 4. The summed E-state index contributed by atoms with van der Waals surface area (Å²) >= 11 is 6.38. The van der Waals surface area contributed by atoms with E-state index in [2.05, 4.69) is 45.3 Å². The normalized spacial score (nSPS) is 11.4. The van der Waals surface area contributed by atoms with Gasteiger partial charge in [-0.2, -0.15) is 5.10 Å². The molecule has 0 unspecified atom stereocenters. The molecule has 3 aromatic rings. The van der Waals surface area contributed by atoms with Gasteiger partial charge >= 0.3 is 0 Å². The van der Waals surface area contributed by atoms with Gasteiger partial charge in [0.1, 0.15) is 5.15 Å². The Morgan fingerprint density at radius 1 is 1.29 bits per heavy atom. The third kappa shape index (κ3) is 2.45. The zero-order chi connectivity index (χ0) is 15.0. The molecule has 0 fully saturated rings. The number of hydrogen-bond acceptors (Lipinski definition) is 2. The van der Waals surface area contributed by atoms with E-state index in [1.54, 1.807) is 4.68 Å². The molecule has 0 saturated carbocycles. The summed E-state index contributed by atoms with van der Waals surface area (Å²) in [6.07, 6.45) is 0. The summed E-state index contributed by atoms with van der Waals surface area (Å²) in [7, 11) is 3.84. The van der Waals surface area contributed by atoms with Crippen molar-refractivity contribution in [2.75, 3.05) is 7.05 Å². The Labute approximate surface area is 129 Å². The molecule has 1 N–H and O–H groups in total. The summed E-state index contributed by atoms with van der Waals surface area (Å²) in [6.45, 7) is 3.57. The molecule has 0 aliphatic rings. The van der Waals surface area contributed by atoms with Gasteiger partial charge in [0.15, 0.2) is 0 Å². The summed E-state index contributed by atoms with van der Waals surface area (Å²) in [4.78, 5) is 0. The van der Waals surface area contributed by atoms with E-state index in [4.69, 9.17) is 11.6 Å². The molecule has 0 radical (unpaired) electrons. The predicted molar refractivity (Wildman–Crippen MR) is 86.8 cm³/mol. The van der Waals surface area contributed by atoms with Crippen LogP contribution < -0.4 is 5.32 Å². The average Bonchev–Trinajstić information content (AvgIpc) is 2.92. The monoisotopic (exact) mass is 302 g/mol. The molecule has 2 heterocycles. The van der Waals surface area contributed by atoms with Crippen LogP contribution in [0.5, 0.6) is 0 Å². The van der Waals surface area contributed by atoms with Gasteiger partial charge in [-0.25, -0.2) is 0 Å². The third-order valence-corrected chi connectivity index (χ3v) is 4.31. The lowest BCUT2D eigenvalue weighted by Crippen LogP contribution is -2.12. The molecule has 21 heavy (non-hydrogen) atoms. The molecule has 0 amide bonds. The second kappa shape index (κ2) is 5.54. The molecule has 0 bridgehead atoms. The quantitative estimate of drug-likeness (QED) is 0.803. The van der Waals surface area contributed by atoms with Crippen molar-refractivity contribution in [2.45, 2.75) is 20.0 Å². The molecule has 110 valence electrons. The summed E-state index contributed by atoms with van der Waals surface area (Å²) in [5.74, 6) is 0. The molecule has 3 rings (SSSR count). The van der Waals surface area contributed by atoms with Crippen molar-refractivity contribution in [1.29, 1.82) is 0 Å². The predicted octanol–water partition coefficient (Wildman–Crippen LogP) is 3.10. The molecule has 0 aliphatic heterocycles. The molecule has 4 nitrogen and oxygen atoms in total. The highest BCUT2D eigenvalue weighted by atomic mass is 35.5. The standard InChI is InChI=1S/C16H19ClN4/c1-11-14(16(17)20(3)19-11)10-21-13(9-18-2)8-12-6-4-5-7-15(12)21/h4-8,18H,9-10H2,1-3H3. The van der Waals surface area contributed by atoms with Crippen molar-refractivity contribution in [2.24, 2.45) is 7.05 Å². The Morgan fingerprint density at radius 3 is 2.71 bits per heavy atom. The third-order valence-electron chi connectivity index (χ3n) is 3.84. The number of nitrogens with zero attached hydrogens (tertiary/aromatic N) is 3. The number of fused-ring (bicyclic) bond motifs is 1. The minimum Gasteiger partial charge on any atom is -0.339 e. The van der Waals surface area contributed by atoms with Gasteiger partial charge in [-0.05, 0) is 31.5 Å². The lowest BCUT2D eigenvalue weighted by atomic mass is 10.2. The Bertz CT molecular complexity index is 785. The first-order valence-electron chi connectivity index (χ1n) is 7.01. The van der Waals surface area contributed by atoms with Crippen LogP contribution in [0.4, 0.5) is 0 Å². The summed E-state index contributed by atoms with van der Waals surface area (Å²) in [5, 5.41) is 9.59. The topological polar surface area (TPSA) is 34.8 Å². The number of aromatic nitrogens is 3. The number of nitrogens with one attached hydrogen (secondary N) is 1. The van der Waals surface area contributed by atoms with E-state index in [1.165, 1.54) is 16.6 Å².